The summed E-state index contributed by atoms with van der Waals surface area (Å²) in [7, 11) is -3.98. The van der Waals surface area contributed by atoms with Crippen molar-refractivity contribution < 1.29 is 22.3 Å². The van der Waals surface area contributed by atoms with Crippen LogP contribution in [0, 0.1) is 5.82 Å². The minimum atomic E-state index is -3.98. The maximum Gasteiger partial charge on any atom is 0.321 e. The molecule has 9 heteroatoms. The number of esters is 1. The summed E-state index contributed by atoms with van der Waals surface area (Å²) < 4.78 is 44.8. The van der Waals surface area contributed by atoms with Crippen molar-refractivity contribution in [2.45, 2.75) is 25.2 Å². The highest BCUT2D eigenvalue weighted by atomic mass is 79.9. The van der Waals surface area contributed by atoms with E-state index < -0.39 is 21.8 Å². The molecule has 0 unspecified atom stereocenters. The van der Waals surface area contributed by atoms with Crippen molar-refractivity contribution in [3.63, 3.8) is 0 Å². The smallest absolute Gasteiger partial charge is 0.321 e. The van der Waals surface area contributed by atoms with Crippen LogP contribution < -0.4 is 0 Å². The summed E-state index contributed by atoms with van der Waals surface area (Å²) in [6.45, 7) is 3.37. The van der Waals surface area contributed by atoms with Crippen LogP contribution in [-0.4, -0.2) is 38.4 Å². The first-order valence-electron chi connectivity index (χ1n) is 6.54. The molecule has 0 spiro atoms. The van der Waals surface area contributed by atoms with E-state index in [1.165, 1.54) is 0 Å². The van der Waals surface area contributed by atoms with E-state index in [4.69, 9.17) is 4.74 Å². The molecule has 0 amide bonds. The van der Waals surface area contributed by atoms with Gasteiger partial charge in [0, 0.05) is 15.5 Å². The zero-order chi connectivity index (χ0) is 16.9. The summed E-state index contributed by atoms with van der Waals surface area (Å²) in [5, 5.41) is 0. The monoisotopic (exact) mass is 459 g/mol. The summed E-state index contributed by atoms with van der Waals surface area (Å²) in [5.74, 6) is -1.21. The number of nitrogens with zero attached hydrogens (tertiary/aromatic N) is 1. The molecule has 5 nitrogen and oxygen atoms in total. The summed E-state index contributed by atoms with van der Waals surface area (Å²) in [6.07, 6.45) is 0.523. The lowest BCUT2D eigenvalue weighted by Crippen LogP contribution is -2.37. The Hall–Kier alpha value is -0.510. The SMILES string of the molecule is CCCN(CC(=O)OCC)S(=O)(=O)c1c(Br)cc(F)cc1Br. The molecule has 0 aromatic heterocycles. The van der Waals surface area contributed by atoms with Crippen LogP contribution in [0.25, 0.3) is 0 Å². The zero-order valence-corrected chi connectivity index (χ0v) is 16.1. The molecule has 124 valence electrons. The van der Waals surface area contributed by atoms with E-state index in [9.17, 15) is 17.6 Å². The molecule has 1 aromatic rings. The largest absolute Gasteiger partial charge is 0.465 e. The third-order valence-electron chi connectivity index (χ3n) is 2.64. The maximum absolute atomic E-state index is 13.3. The first-order chi connectivity index (χ1) is 10.2. The first kappa shape index (κ1) is 19.5. The second-order valence-corrected chi connectivity index (χ2v) is 7.93. The Bertz CT molecular complexity index is 628. The number of hydrogen-bond acceptors (Lipinski definition) is 4. The van der Waals surface area contributed by atoms with Gasteiger partial charge in [-0.05, 0) is 57.3 Å². The number of carbonyl (C=O) groups excluding carboxylic acids is 1. The Morgan fingerprint density at radius 1 is 1.27 bits per heavy atom. The molecular formula is C13H16Br2FNO4S. The van der Waals surface area contributed by atoms with Crippen LogP contribution in [-0.2, 0) is 19.6 Å². The molecule has 1 rings (SSSR count). The highest BCUT2D eigenvalue weighted by Gasteiger charge is 2.30. The molecule has 0 radical (unpaired) electrons. The van der Waals surface area contributed by atoms with Crippen LogP contribution >= 0.6 is 31.9 Å². The number of rotatable bonds is 7. The van der Waals surface area contributed by atoms with Gasteiger partial charge < -0.3 is 4.74 Å². The van der Waals surface area contributed by atoms with Crippen molar-refractivity contribution in [2.75, 3.05) is 19.7 Å². The summed E-state index contributed by atoms with van der Waals surface area (Å²) in [6, 6.07) is 2.12. The van der Waals surface area contributed by atoms with Crippen LogP contribution in [0.2, 0.25) is 0 Å². The first-order valence-corrected chi connectivity index (χ1v) is 9.56. The number of halogens is 3. The van der Waals surface area contributed by atoms with Crippen LogP contribution in [0.4, 0.5) is 4.39 Å². The normalized spacial score (nSPS) is 11.7. The van der Waals surface area contributed by atoms with Gasteiger partial charge in [0.25, 0.3) is 0 Å². The van der Waals surface area contributed by atoms with Gasteiger partial charge in [0.15, 0.2) is 0 Å². The fourth-order valence-electron chi connectivity index (χ4n) is 1.79. The quantitative estimate of drug-likeness (QED) is 0.585. The van der Waals surface area contributed by atoms with Crippen molar-refractivity contribution in [1.82, 2.24) is 4.31 Å². The molecule has 22 heavy (non-hydrogen) atoms. The van der Waals surface area contributed by atoms with Gasteiger partial charge in [-0.15, -0.1) is 0 Å². The highest BCUT2D eigenvalue weighted by Crippen LogP contribution is 2.33. The fourth-order valence-corrected chi connectivity index (χ4v) is 5.71. The Kier molecular flexibility index (Phi) is 7.43. The molecule has 0 N–H and O–H groups in total. The van der Waals surface area contributed by atoms with Gasteiger partial charge >= 0.3 is 5.97 Å². The minimum absolute atomic E-state index is 0.0873. The third kappa shape index (κ3) is 4.74. The average Bonchev–Trinajstić information content (AvgIpc) is 2.36. The fraction of sp³-hybridized carbons (Fsp3) is 0.462. The second-order valence-electron chi connectivity index (χ2n) is 4.34. The van der Waals surface area contributed by atoms with E-state index in [-0.39, 0.29) is 33.5 Å². The van der Waals surface area contributed by atoms with E-state index >= 15 is 0 Å². The molecule has 0 aliphatic carbocycles. The average molecular weight is 461 g/mol. The summed E-state index contributed by atoms with van der Waals surface area (Å²) >= 11 is 6.12. The number of ether oxygens (including phenoxy) is 1. The van der Waals surface area contributed by atoms with Crippen molar-refractivity contribution >= 4 is 47.9 Å². The summed E-state index contributed by atoms with van der Waals surface area (Å²) in [5.41, 5.74) is 0. The van der Waals surface area contributed by atoms with Gasteiger partial charge in [-0.2, -0.15) is 4.31 Å². The van der Waals surface area contributed by atoms with E-state index in [0.29, 0.717) is 6.42 Å². The van der Waals surface area contributed by atoms with Gasteiger partial charge in [-0.3, -0.25) is 4.79 Å². The van der Waals surface area contributed by atoms with E-state index in [0.717, 1.165) is 16.4 Å². The predicted octanol–water partition coefficient (Wildman–Crippen LogP) is 3.31. The number of hydrogen-bond donors (Lipinski definition) is 0. The van der Waals surface area contributed by atoms with Crippen LogP contribution in [0.5, 0.6) is 0 Å². The van der Waals surface area contributed by atoms with Gasteiger partial charge in [0.2, 0.25) is 10.0 Å². The highest BCUT2D eigenvalue weighted by molar-refractivity contribution is 9.11. The van der Waals surface area contributed by atoms with Crippen molar-refractivity contribution in [2.24, 2.45) is 0 Å². The minimum Gasteiger partial charge on any atom is -0.465 e. The lowest BCUT2D eigenvalue weighted by molar-refractivity contribution is -0.143. The zero-order valence-electron chi connectivity index (χ0n) is 12.1. The summed E-state index contributed by atoms with van der Waals surface area (Å²) in [4.78, 5) is 11.5. The van der Waals surface area contributed by atoms with E-state index in [2.05, 4.69) is 31.9 Å². The molecule has 0 saturated carbocycles. The van der Waals surface area contributed by atoms with Crippen LogP contribution in [0.1, 0.15) is 20.3 Å². The Morgan fingerprint density at radius 3 is 2.27 bits per heavy atom. The van der Waals surface area contributed by atoms with Gasteiger partial charge in [-0.1, -0.05) is 6.92 Å². The number of benzene rings is 1. The Labute approximate surface area is 146 Å². The molecule has 0 atom stereocenters. The van der Waals surface area contributed by atoms with Crippen molar-refractivity contribution in [1.29, 1.82) is 0 Å². The maximum atomic E-state index is 13.3. The van der Waals surface area contributed by atoms with E-state index in [1.54, 1.807) is 13.8 Å². The molecule has 0 aliphatic heterocycles. The molecule has 0 heterocycles. The molecule has 0 bridgehead atoms. The Balaban J connectivity index is 3.25. The van der Waals surface area contributed by atoms with Crippen LogP contribution in [0.3, 0.4) is 0 Å². The molecule has 0 saturated heterocycles. The second kappa shape index (κ2) is 8.37. The molecular weight excluding hydrogens is 445 g/mol. The van der Waals surface area contributed by atoms with Gasteiger partial charge in [-0.25, -0.2) is 12.8 Å². The number of carbonyl (C=O) groups is 1. The predicted molar refractivity (Wildman–Crippen MR) is 87.5 cm³/mol. The lowest BCUT2D eigenvalue weighted by atomic mass is 10.3. The third-order valence-corrected chi connectivity index (χ3v) is 6.37. The van der Waals surface area contributed by atoms with Gasteiger partial charge in [0.1, 0.15) is 17.3 Å². The van der Waals surface area contributed by atoms with E-state index in [1.807, 2.05) is 0 Å². The van der Waals surface area contributed by atoms with Gasteiger partial charge in [0.05, 0.1) is 6.61 Å². The standard InChI is InChI=1S/C13H16Br2FNO4S/c1-3-5-17(8-12(18)21-4-2)22(19,20)13-10(14)6-9(16)7-11(13)15/h6-7H,3-5,8H2,1-2H3. The van der Waals surface area contributed by atoms with Crippen molar-refractivity contribution in [3.8, 4) is 0 Å². The molecule has 1 aromatic carbocycles. The molecule has 0 fully saturated rings. The van der Waals surface area contributed by atoms with Crippen molar-refractivity contribution in [3.05, 3.63) is 26.9 Å². The Morgan fingerprint density at radius 2 is 1.82 bits per heavy atom. The number of sulfonamides is 1. The van der Waals surface area contributed by atoms with Crippen LogP contribution in [0.15, 0.2) is 26.0 Å². The molecule has 0 aliphatic rings. The topological polar surface area (TPSA) is 63.7 Å². The lowest BCUT2D eigenvalue weighted by Gasteiger charge is -2.22.